The molecule has 0 fully saturated rings. The molecule has 0 heterocycles. The van der Waals surface area contributed by atoms with Gasteiger partial charge in [0.1, 0.15) is 0 Å². The first-order chi connectivity index (χ1) is 48.7. The van der Waals surface area contributed by atoms with Gasteiger partial charge in [0.25, 0.3) is 0 Å². The Morgan fingerprint density at radius 1 is 0.343 bits per heavy atom. The summed E-state index contributed by atoms with van der Waals surface area (Å²) in [7, 11) is 6.02. The molecule has 27 heteroatoms. The second kappa shape index (κ2) is 39.1. The van der Waals surface area contributed by atoms with Crippen molar-refractivity contribution in [2.75, 3.05) is 42.3 Å². The van der Waals surface area contributed by atoms with E-state index in [9.17, 15) is 58.9 Å². The van der Waals surface area contributed by atoms with Crippen molar-refractivity contribution in [2.24, 2.45) is 17.2 Å². The maximum Gasteiger partial charge on any atom is 0.488 e. The predicted molar refractivity (Wildman–Crippen MR) is 394 cm³/mol. The van der Waals surface area contributed by atoms with Gasteiger partial charge in [-0.15, -0.1) is 0 Å². The summed E-state index contributed by atoms with van der Waals surface area (Å²) in [5.41, 5.74) is 28.8. The van der Waals surface area contributed by atoms with Crippen molar-refractivity contribution in [1.82, 2.24) is 46.6 Å². The maximum atomic E-state index is 13.3. The Balaban J connectivity index is 1.05. The molecule has 24 nitrogen and oxygen atoms in total. The standard InChI is InChI=1S/C75H87B3N12O12/c1-88(2)46-61-28-22-52(34-64(61)76(97)98)40-85-73(94)67(79)37-70(91)82-43-58-16-10-7-13-55(58)25-19-49-31-50(20-26-56-14-8-11-17-59(56)44-83-71(92)38-68(80)74(95)86-41-53-23-29-62(47-89(3)4)65(35-53)77(99)100)33-51(32-49)21-27-57-15-9-12-18-60(57)45-84-72(93)39-69(81)75(96)87-42-54-24-30-63(48-90(5)6)66(36-54)78(101)102/h7-18,22-24,28-36,67-69,97-102H,37-48,79-81H2,1-6H3,(H,82,91)(H,83,92)(H,84,93)(H,85,94)(H,86,95)(H,87,96). The average molecular weight is 1380 g/mol. The molecule has 0 aromatic heterocycles. The van der Waals surface area contributed by atoms with Crippen LogP contribution in [0, 0.1) is 35.5 Å². The number of nitrogens with one attached hydrogen (secondary N) is 6. The van der Waals surface area contributed by atoms with Gasteiger partial charge in [-0.3, -0.25) is 28.8 Å². The van der Waals surface area contributed by atoms with Crippen LogP contribution in [0.5, 0.6) is 0 Å². The van der Waals surface area contributed by atoms with Crippen LogP contribution in [0.25, 0.3) is 0 Å². The van der Waals surface area contributed by atoms with Crippen molar-refractivity contribution in [3.8, 4) is 35.5 Å². The lowest BCUT2D eigenvalue weighted by atomic mass is 9.76. The molecular weight excluding hydrogens is 1290 g/mol. The Morgan fingerprint density at radius 2 is 0.598 bits per heavy atom. The number of nitrogens with zero attached hydrogens (tertiary/aromatic N) is 3. The molecule has 0 saturated carbocycles. The minimum absolute atomic E-state index is 0.0410. The second-order valence-electron chi connectivity index (χ2n) is 25.4. The topological polar surface area (TPSA) is 384 Å². The Bertz CT molecular complexity index is 3890. The fourth-order valence-corrected chi connectivity index (χ4v) is 10.7. The van der Waals surface area contributed by atoms with Gasteiger partial charge in [0, 0.05) is 92.3 Å². The SMILES string of the molecule is CN(C)Cc1ccc(CNC(=O)C(N)CC(=O)NCc2ccccc2C#Cc2cc(C#Cc3ccccc3CNC(=O)CC(N)C(=O)NCc3ccc(CN(C)C)c(B(O)O)c3)cc(C#Cc3ccccc3CNC(=O)CC(N)C(=O)NCc3ccc(CN(C)C)c(B(O)O)c3)c2)cc1B(O)O. The average Bonchev–Trinajstić information content (AvgIpc) is 0.863. The summed E-state index contributed by atoms with van der Waals surface area (Å²) in [5.74, 6) is 16.3. The number of hydrogen-bond donors (Lipinski definition) is 15. The van der Waals surface area contributed by atoms with Crippen LogP contribution in [0.3, 0.4) is 0 Å². The van der Waals surface area contributed by atoms with Crippen LogP contribution in [-0.2, 0) is 87.7 Å². The molecule has 102 heavy (non-hydrogen) atoms. The largest absolute Gasteiger partial charge is 0.488 e. The lowest BCUT2D eigenvalue weighted by Gasteiger charge is -2.16. The summed E-state index contributed by atoms with van der Waals surface area (Å²) < 4.78 is 0. The van der Waals surface area contributed by atoms with Gasteiger partial charge in [0.15, 0.2) is 0 Å². The molecule has 6 amide bonds. The van der Waals surface area contributed by atoms with Crippen LogP contribution in [0.1, 0.15) is 103 Å². The molecule has 7 rings (SSSR count). The monoisotopic (exact) mass is 1380 g/mol. The zero-order valence-corrected chi connectivity index (χ0v) is 58.0. The molecule has 0 aliphatic heterocycles. The van der Waals surface area contributed by atoms with Crippen molar-refractivity contribution in [2.45, 2.75) is 96.3 Å². The van der Waals surface area contributed by atoms with E-state index in [-0.39, 0.29) is 58.5 Å². The van der Waals surface area contributed by atoms with E-state index in [2.05, 4.69) is 67.4 Å². The van der Waals surface area contributed by atoms with Gasteiger partial charge in [0.05, 0.1) is 37.4 Å². The summed E-state index contributed by atoms with van der Waals surface area (Å²) in [5, 5.41) is 76.6. The maximum absolute atomic E-state index is 13.3. The molecule has 0 saturated heterocycles. The van der Waals surface area contributed by atoms with Crippen LogP contribution in [0.15, 0.2) is 146 Å². The van der Waals surface area contributed by atoms with Crippen molar-refractivity contribution in [3.05, 3.63) is 229 Å². The van der Waals surface area contributed by atoms with Gasteiger partial charge >= 0.3 is 21.4 Å². The highest BCUT2D eigenvalue weighted by Gasteiger charge is 2.24. The van der Waals surface area contributed by atoms with Crippen molar-refractivity contribution >= 4 is 73.2 Å². The molecule has 0 aliphatic rings. The molecule has 0 aliphatic carbocycles. The molecule has 18 N–H and O–H groups in total. The van der Waals surface area contributed by atoms with Gasteiger partial charge in [-0.25, -0.2) is 0 Å². The highest BCUT2D eigenvalue weighted by atomic mass is 16.4. The van der Waals surface area contributed by atoms with Gasteiger partial charge in [-0.05, 0) is 145 Å². The van der Waals surface area contributed by atoms with Crippen LogP contribution in [-0.4, -0.2) is 162 Å². The van der Waals surface area contributed by atoms with Crippen LogP contribution in [0.4, 0.5) is 0 Å². The molecule has 0 radical (unpaired) electrons. The number of carbonyl (C=O) groups excluding carboxylic acids is 6. The van der Waals surface area contributed by atoms with Crippen molar-refractivity contribution in [3.63, 3.8) is 0 Å². The number of hydrogen-bond acceptors (Lipinski definition) is 18. The highest BCUT2D eigenvalue weighted by Crippen LogP contribution is 2.16. The third-order valence-electron chi connectivity index (χ3n) is 16.0. The van der Waals surface area contributed by atoms with Gasteiger partial charge in [-0.2, -0.15) is 0 Å². The molecule has 0 bridgehead atoms. The van der Waals surface area contributed by atoms with E-state index in [0.717, 1.165) is 16.7 Å². The van der Waals surface area contributed by atoms with E-state index < -0.39 is 74.9 Å². The van der Waals surface area contributed by atoms with E-state index >= 15 is 0 Å². The molecule has 0 spiro atoms. The Kier molecular flexibility index (Phi) is 30.3. The smallest absolute Gasteiger partial charge is 0.423 e. The van der Waals surface area contributed by atoms with E-state index in [0.29, 0.717) is 103 Å². The molecule has 3 atom stereocenters. The fourth-order valence-electron chi connectivity index (χ4n) is 10.7. The first-order valence-electron chi connectivity index (χ1n) is 32.9. The first-order valence-corrected chi connectivity index (χ1v) is 32.9. The van der Waals surface area contributed by atoms with Crippen molar-refractivity contribution in [1.29, 1.82) is 0 Å². The van der Waals surface area contributed by atoms with E-state index in [1.54, 1.807) is 127 Å². The van der Waals surface area contributed by atoms with Crippen LogP contribution < -0.4 is 65.5 Å². The van der Waals surface area contributed by atoms with Crippen molar-refractivity contribution < 1.29 is 58.9 Å². The Labute approximate surface area is 596 Å². The molecule has 3 unspecified atom stereocenters. The lowest BCUT2D eigenvalue weighted by molar-refractivity contribution is -0.127. The third kappa shape index (κ3) is 25.4. The molecule has 528 valence electrons. The Hall–Kier alpha value is -10.2. The van der Waals surface area contributed by atoms with E-state index in [1.165, 1.54) is 0 Å². The van der Waals surface area contributed by atoms with Gasteiger partial charge in [-0.1, -0.05) is 145 Å². The first kappa shape index (κ1) is 79.1. The number of benzene rings is 7. The quantitative estimate of drug-likeness (QED) is 0.0172. The highest BCUT2D eigenvalue weighted by molar-refractivity contribution is 6.60. The Morgan fingerprint density at radius 3 is 0.843 bits per heavy atom. The minimum atomic E-state index is -1.71. The number of nitrogens with two attached hydrogens (primary N) is 3. The summed E-state index contributed by atoms with van der Waals surface area (Å²) in [6.07, 6.45) is -0.967. The number of rotatable bonds is 30. The molecule has 7 aromatic rings. The lowest BCUT2D eigenvalue weighted by Crippen LogP contribution is -2.43. The summed E-state index contributed by atoms with van der Waals surface area (Å²) >= 11 is 0. The zero-order chi connectivity index (χ0) is 74.0. The number of amides is 6. The van der Waals surface area contributed by atoms with E-state index in [4.69, 9.17) is 17.2 Å². The van der Waals surface area contributed by atoms with Crippen LogP contribution in [0.2, 0.25) is 0 Å². The summed E-state index contributed by atoms with van der Waals surface area (Å²) in [4.78, 5) is 84.7. The van der Waals surface area contributed by atoms with Crippen LogP contribution >= 0.6 is 0 Å². The summed E-state index contributed by atoms with van der Waals surface area (Å²) in [6.45, 7) is 1.71. The summed E-state index contributed by atoms with van der Waals surface area (Å²) in [6, 6.07) is 38.8. The minimum Gasteiger partial charge on any atom is -0.423 e. The van der Waals surface area contributed by atoms with Gasteiger partial charge in [0.2, 0.25) is 35.4 Å². The predicted octanol–water partition coefficient (Wildman–Crippen LogP) is -1.94. The molecule has 7 aromatic carbocycles. The zero-order valence-electron chi connectivity index (χ0n) is 58.0. The second-order valence-corrected chi connectivity index (χ2v) is 25.4. The van der Waals surface area contributed by atoms with Gasteiger partial charge < -0.3 is 93.9 Å². The fraction of sp³-hybridized carbons (Fsp3) is 0.280. The molecular formula is C75H87B3N12O12. The third-order valence-corrected chi connectivity index (χ3v) is 16.0. The number of carbonyl (C=O) groups is 6. The van der Waals surface area contributed by atoms with E-state index in [1.807, 2.05) is 75.2 Å². The normalized spacial score (nSPS) is 11.7.